The molecule has 0 saturated carbocycles. The lowest BCUT2D eigenvalue weighted by molar-refractivity contribution is 0.380. The molecule has 0 bridgehead atoms. The highest BCUT2D eigenvalue weighted by atomic mass is 19.2. The fourth-order valence-corrected chi connectivity index (χ4v) is 2.33. The molecule has 0 aliphatic carbocycles. The molecule has 2 atom stereocenters. The van der Waals surface area contributed by atoms with Crippen LogP contribution in [0, 0.1) is 23.3 Å². The molecule has 1 heterocycles. The lowest BCUT2D eigenvalue weighted by Gasteiger charge is -2.40. The first kappa shape index (κ1) is 14.1. The van der Waals surface area contributed by atoms with Gasteiger partial charge in [0.15, 0.2) is 23.3 Å². The van der Waals surface area contributed by atoms with Crippen LogP contribution in [0.3, 0.4) is 0 Å². The van der Waals surface area contributed by atoms with Gasteiger partial charge in [0.25, 0.3) is 0 Å². The van der Waals surface area contributed by atoms with Gasteiger partial charge in [0.2, 0.25) is 0 Å². The summed E-state index contributed by atoms with van der Waals surface area (Å²) in [5.41, 5.74) is -0.607. The Morgan fingerprint density at radius 2 is 1.79 bits per heavy atom. The fraction of sp³-hybridized carbons (Fsp3) is 0.538. The van der Waals surface area contributed by atoms with Gasteiger partial charge >= 0.3 is 0 Å². The van der Waals surface area contributed by atoms with E-state index in [9.17, 15) is 17.6 Å². The minimum Gasteiger partial charge on any atom is -0.361 e. The van der Waals surface area contributed by atoms with Crippen LogP contribution in [0.2, 0.25) is 0 Å². The van der Waals surface area contributed by atoms with E-state index in [1.54, 1.807) is 6.92 Å². The summed E-state index contributed by atoms with van der Waals surface area (Å²) in [6.45, 7) is 4.51. The molecule has 1 saturated heterocycles. The van der Waals surface area contributed by atoms with E-state index in [1.807, 2.05) is 6.92 Å². The number of halogens is 4. The van der Waals surface area contributed by atoms with Crippen LogP contribution in [0.25, 0.3) is 0 Å². The number of piperazine rings is 1. The number of rotatable bonds is 2. The molecule has 1 aromatic carbocycles. The molecule has 1 fully saturated rings. The summed E-state index contributed by atoms with van der Waals surface area (Å²) in [4.78, 5) is 1.39. The molecule has 2 nitrogen and oxygen atoms in total. The summed E-state index contributed by atoms with van der Waals surface area (Å²) in [5.74, 6) is -5.40. The molecular formula is C13H16F4N2. The maximum Gasteiger partial charge on any atom is 0.185 e. The van der Waals surface area contributed by atoms with E-state index >= 15 is 0 Å². The fourth-order valence-electron chi connectivity index (χ4n) is 2.33. The minimum absolute atomic E-state index is 0.0429. The molecule has 6 heteroatoms. The Morgan fingerprint density at radius 3 is 2.32 bits per heavy atom. The molecule has 1 N–H and O–H groups in total. The van der Waals surface area contributed by atoms with Crippen molar-refractivity contribution in [1.82, 2.24) is 5.32 Å². The Hall–Kier alpha value is -1.30. The van der Waals surface area contributed by atoms with Crippen molar-refractivity contribution in [2.75, 3.05) is 18.0 Å². The molecule has 19 heavy (non-hydrogen) atoms. The van der Waals surface area contributed by atoms with Gasteiger partial charge in [-0.25, -0.2) is 17.6 Å². The molecule has 0 amide bonds. The average molecular weight is 276 g/mol. The summed E-state index contributed by atoms with van der Waals surface area (Å²) in [6.07, 6.45) is 0.768. The van der Waals surface area contributed by atoms with Crippen molar-refractivity contribution >= 4 is 5.69 Å². The number of nitrogens with zero attached hydrogens (tertiary/aromatic N) is 1. The van der Waals surface area contributed by atoms with E-state index in [1.165, 1.54) is 4.90 Å². The second-order valence-electron chi connectivity index (χ2n) is 4.83. The van der Waals surface area contributed by atoms with Gasteiger partial charge < -0.3 is 10.2 Å². The van der Waals surface area contributed by atoms with Crippen molar-refractivity contribution in [3.8, 4) is 0 Å². The predicted octanol–water partition coefficient (Wildman–Crippen LogP) is 2.82. The van der Waals surface area contributed by atoms with E-state index in [0.29, 0.717) is 13.1 Å². The topological polar surface area (TPSA) is 15.3 Å². The lowest BCUT2D eigenvalue weighted by Crippen LogP contribution is -2.56. The van der Waals surface area contributed by atoms with E-state index in [-0.39, 0.29) is 18.2 Å². The highest BCUT2D eigenvalue weighted by Crippen LogP contribution is 2.30. The number of nitrogens with one attached hydrogen (secondary N) is 1. The first-order valence-electron chi connectivity index (χ1n) is 6.28. The predicted molar refractivity (Wildman–Crippen MR) is 65.2 cm³/mol. The van der Waals surface area contributed by atoms with Crippen LogP contribution in [0.4, 0.5) is 23.2 Å². The molecule has 1 aliphatic heterocycles. The molecule has 106 valence electrons. The number of hydrogen-bond acceptors (Lipinski definition) is 2. The average Bonchev–Trinajstić information content (AvgIpc) is 2.39. The van der Waals surface area contributed by atoms with Gasteiger partial charge in [-0.15, -0.1) is 0 Å². The third kappa shape index (κ3) is 2.54. The second kappa shape index (κ2) is 5.36. The molecule has 1 aromatic rings. The highest BCUT2D eigenvalue weighted by Gasteiger charge is 2.31. The van der Waals surface area contributed by atoms with Crippen LogP contribution in [0.5, 0.6) is 0 Å². The van der Waals surface area contributed by atoms with E-state index < -0.39 is 29.0 Å². The monoisotopic (exact) mass is 276 g/mol. The van der Waals surface area contributed by atoms with Crippen molar-refractivity contribution in [3.63, 3.8) is 0 Å². The van der Waals surface area contributed by atoms with Crippen LogP contribution in [0.15, 0.2) is 6.07 Å². The van der Waals surface area contributed by atoms with Gasteiger partial charge in [-0.3, -0.25) is 0 Å². The van der Waals surface area contributed by atoms with Crippen molar-refractivity contribution in [2.24, 2.45) is 0 Å². The molecule has 2 unspecified atom stereocenters. The van der Waals surface area contributed by atoms with Crippen LogP contribution in [-0.2, 0) is 0 Å². The van der Waals surface area contributed by atoms with Crippen LogP contribution in [-0.4, -0.2) is 25.2 Å². The summed E-state index contributed by atoms with van der Waals surface area (Å²) in [5, 5.41) is 3.21. The van der Waals surface area contributed by atoms with Crippen LogP contribution < -0.4 is 10.2 Å². The van der Waals surface area contributed by atoms with Gasteiger partial charge in [-0.2, -0.15) is 0 Å². The largest absolute Gasteiger partial charge is 0.361 e. The lowest BCUT2D eigenvalue weighted by atomic mass is 10.1. The molecule has 0 radical (unpaired) electrons. The number of hydrogen-bond donors (Lipinski definition) is 1. The van der Waals surface area contributed by atoms with Crippen molar-refractivity contribution in [3.05, 3.63) is 29.3 Å². The summed E-state index contributed by atoms with van der Waals surface area (Å²) in [6, 6.07) is 0.0348. The van der Waals surface area contributed by atoms with Crippen LogP contribution in [0.1, 0.15) is 20.3 Å². The maximum atomic E-state index is 13.8. The van der Waals surface area contributed by atoms with Crippen LogP contribution >= 0.6 is 0 Å². The zero-order valence-corrected chi connectivity index (χ0v) is 10.8. The summed E-state index contributed by atoms with van der Waals surface area (Å²) < 4.78 is 54.1. The van der Waals surface area contributed by atoms with Gasteiger partial charge in [0.05, 0.1) is 0 Å². The minimum atomic E-state index is -1.37. The van der Waals surface area contributed by atoms with E-state index in [0.717, 1.165) is 6.42 Å². The number of benzene rings is 1. The van der Waals surface area contributed by atoms with Gasteiger partial charge in [-0.05, 0) is 13.3 Å². The summed E-state index contributed by atoms with van der Waals surface area (Å²) >= 11 is 0. The SMILES string of the molecule is CCC1CN(c2c(F)c(F)cc(F)c2F)C(C)CN1. The molecule has 1 aliphatic rings. The third-order valence-corrected chi connectivity index (χ3v) is 3.52. The van der Waals surface area contributed by atoms with Gasteiger partial charge in [0.1, 0.15) is 5.69 Å². The summed E-state index contributed by atoms with van der Waals surface area (Å²) in [7, 11) is 0. The molecule has 0 aromatic heterocycles. The van der Waals surface area contributed by atoms with Crippen molar-refractivity contribution in [2.45, 2.75) is 32.4 Å². The standard InChI is InChI=1S/C13H16F4N2/c1-3-8-6-19(7(2)5-18-8)13-11(16)9(14)4-10(15)12(13)17/h4,7-8,18H,3,5-6H2,1-2H3. The third-order valence-electron chi connectivity index (χ3n) is 3.52. The number of anilines is 1. The Morgan fingerprint density at radius 1 is 1.21 bits per heavy atom. The zero-order valence-electron chi connectivity index (χ0n) is 10.8. The van der Waals surface area contributed by atoms with Gasteiger partial charge in [0, 0.05) is 31.2 Å². The molecule has 0 spiro atoms. The Kier molecular flexibility index (Phi) is 3.99. The zero-order chi connectivity index (χ0) is 14.2. The first-order valence-corrected chi connectivity index (χ1v) is 6.28. The molecular weight excluding hydrogens is 260 g/mol. The second-order valence-corrected chi connectivity index (χ2v) is 4.83. The van der Waals surface area contributed by atoms with E-state index in [2.05, 4.69) is 5.32 Å². The van der Waals surface area contributed by atoms with E-state index in [4.69, 9.17) is 0 Å². The quantitative estimate of drug-likeness (QED) is 0.660. The Balaban J connectivity index is 2.45. The Bertz CT molecular complexity index is 452. The van der Waals surface area contributed by atoms with Gasteiger partial charge in [-0.1, -0.05) is 6.92 Å². The first-order chi connectivity index (χ1) is 8.95. The van der Waals surface area contributed by atoms with Crippen molar-refractivity contribution < 1.29 is 17.6 Å². The maximum absolute atomic E-state index is 13.8. The highest BCUT2D eigenvalue weighted by molar-refractivity contribution is 5.51. The smallest absolute Gasteiger partial charge is 0.185 e. The van der Waals surface area contributed by atoms with Crippen molar-refractivity contribution in [1.29, 1.82) is 0 Å². The normalized spacial score (nSPS) is 23.8. The molecule has 2 rings (SSSR count). The Labute approximate surface area is 109 Å².